The number of carbonyl (C=O) groups excluding carboxylic acids is 1. The lowest BCUT2D eigenvalue weighted by molar-refractivity contribution is -0.116. The van der Waals surface area contributed by atoms with Gasteiger partial charge in [0.1, 0.15) is 11.5 Å². The van der Waals surface area contributed by atoms with Crippen LogP contribution in [-0.4, -0.2) is 20.1 Å². The average Bonchev–Trinajstić information content (AvgIpc) is 2.67. The molecule has 0 aliphatic carbocycles. The fraction of sp³-hybridized carbons (Fsp3) is 0.409. The summed E-state index contributed by atoms with van der Waals surface area (Å²) in [4.78, 5) is 12.7. The molecule has 0 aliphatic rings. The van der Waals surface area contributed by atoms with Gasteiger partial charge < -0.3 is 14.8 Å². The highest BCUT2D eigenvalue weighted by Crippen LogP contribution is 2.32. The van der Waals surface area contributed by atoms with Gasteiger partial charge in [-0.1, -0.05) is 45.0 Å². The minimum Gasteiger partial charge on any atom is -0.497 e. The highest BCUT2D eigenvalue weighted by molar-refractivity contribution is 5.93. The second-order valence-electron chi connectivity index (χ2n) is 6.42. The van der Waals surface area contributed by atoms with Crippen LogP contribution < -0.4 is 14.8 Å². The number of nitrogens with one attached hydrogen (secondary N) is 1. The van der Waals surface area contributed by atoms with Crippen LogP contribution in [0.25, 0.3) is 0 Å². The summed E-state index contributed by atoms with van der Waals surface area (Å²) in [6.07, 6.45) is 2.18. The molecule has 26 heavy (non-hydrogen) atoms. The van der Waals surface area contributed by atoms with Crippen LogP contribution in [0.1, 0.15) is 49.8 Å². The molecule has 1 amide bonds. The standard InChI is InChI=1S/C22H29NO3/c1-6-16-9-8-10-17(7-2)22(16)23-21(24)13-15(3)19-12-11-18(25-4)14-20(19)26-5/h8-12,14-15H,6-7,13H2,1-5H3,(H,23,24). The number of rotatable bonds is 8. The third-order valence-corrected chi connectivity index (χ3v) is 4.73. The van der Waals surface area contributed by atoms with Crippen molar-refractivity contribution >= 4 is 11.6 Å². The predicted octanol–water partition coefficient (Wildman–Crippen LogP) is 4.96. The highest BCUT2D eigenvalue weighted by atomic mass is 16.5. The molecular weight excluding hydrogens is 326 g/mol. The number of aryl methyl sites for hydroxylation is 2. The zero-order chi connectivity index (χ0) is 19.1. The number of carbonyl (C=O) groups is 1. The van der Waals surface area contributed by atoms with Crippen molar-refractivity contribution in [2.24, 2.45) is 0 Å². The maximum Gasteiger partial charge on any atom is 0.224 e. The number of hydrogen-bond acceptors (Lipinski definition) is 3. The molecule has 140 valence electrons. The Morgan fingerprint density at radius 3 is 2.23 bits per heavy atom. The number of hydrogen-bond donors (Lipinski definition) is 1. The van der Waals surface area contributed by atoms with E-state index in [1.165, 1.54) is 11.1 Å². The lowest BCUT2D eigenvalue weighted by Crippen LogP contribution is -2.17. The van der Waals surface area contributed by atoms with Crippen molar-refractivity contribution in [2.45, 2.75) is 46.0 Å². The highest BCUT2D eigenvalue weighted by Gasteiger charge is 2.17. The van der Waals surface area contributed by atoms with Gasteiger partial charge in [0.2, 0.25) is 5.91 Å². The van der Waals surface area contributed by atoms with Crippen molar-refractivity contribution in [1.82, 2.24) is 0 Å². The van der Waals surface area contributed by atoms with Crippen LogP contribution in [0.2, 0.25) is 0 Å². The van der Waals surface area contributed by atoms with E-state index in [9.17, 15) is 4.79 Å². The third kappa shape index (κ3) is 4.57. The van der Waals surface area contributed by atoms with E-state index in [0.29, 0.717) is 6.42 Å². The Balaban J connectivity index is 2.16. The van der Waals surface area contributed by atoms with Crippen molar-refractivity contribution in [3.63, 3.8) is 0 Å². The van der Waals surface area contributed by atoms with Crippen LogP contribution in [0.15, 0.2) is 36.4 Å². The van der Waals surface area contributed by atoms with Gasteiger partial charge in [0.05, 0.1) is 14.2 Å². The molecule has 0 fully saturated rings. The summed E-state index contributed by atoms with van der Waals surface area (Å²) in [6.45, 7) is 6.25. The van der Waals surface area contributed by atoms with E-state index in [1.807, 2.05) is 25.1 Å². The number of ether oxygens (including phenoxy) is 2. The lowest BCUT2D eigenvalue weighted by Gasteiger charge is -2.18. The van der Waals surface area contributed by atoms with E-state index in [4.69, 9.17) is 9.47 Å². The van der Waals surface area contributed by atoms with Crippen molar-refractivity contribution < 1.29 is 14.3 Å². The van der Waals surface area contributed by atoms with Gasteiger partial charge in [0.25, 0.3) is 0 Å². The molecule has 2 aromatic rings. The van der Waals surface area contributed by atoms with E-state index < -0.39 is 0 Å². The summed E-state index contributed by atoms with van der Waals surface area (Å²) in [5.74, 6) is 1.54. The molecule has 0 saturated carbocycles. The topological polar surface area (TPSA) is 47.6 Å². The molecule has 0 aromatic heterocycles. The van der Waals surface area contributed by atoms with E-state index in [1.54, 1.807) is 14.2 Å². The Morgan fingerprint density at radius 1 is 1.04 bits per heavy atom. The van der Waals surface area contributed by atoms with E-state index in [2.05, 4.69) is 37.4 Å². The summed E-state index contributed by atoms with van der Waals surface area (Å²) >= 11 is 0. The molecule has 1 unspecified atom stereocenters. The maximum atomic E-state index is 12.7. The largest absolute Gasteiger partial charge is 0.497 e. The molecule has 0 heterocycles. The van der Waals surface area contributed by atoms with Crippen molar-refractivity contribution in [2.75, 3.05) is 19.5 Å². The smallest absolute Gasteiger partial charge is 0.224 e. The Hall–Kier alpha value is -2.49. The monoisotopic (exact) mass is 355 g/mol. The van der Waals surface area contributed by atoms with Gasteiger partial charge >= 0.3 is 0 Å². The van der Waals surface area contributed by atoms with E-state index in [0.717, 1.165) is 35.6 Å². The molecule has 1 N–H and O–H groups in total. The van der Waals surface area contributed by atoms with Crippen molar-refractivity contribution in [1.29, 1.82) is 0 Å². The zero-order valence-corrected chi connectivity index (χ0v) is 16.4. The molecule has 4 heteroatoms. The fourth-order valence-corrected chi connectivity index (χ4v) is 3.21. The minimum atomic E-state index is 0.0194. The quantitative estimate of drug-likeness (QED) is 0.728. The van der Waals surface area contributed by atoms with Gasteiger partial charge in [-0.25, -0.2) is 0 Å². The number of benzene rings is 2. The summed E-state index contributed by atoms with van der Waals surface area (Å²) in [7, 11) is 3.26. The van der Waals surface area contributed by atoms with Crippen molar-refractivity contribution in [3.05, 3.63) is 53.1 Å². The summed E-state index contributed by atoms with van der Waals surface area (Å²) in [5.41, 5.74) is 4.32. The molecule has 0 bridgehead atoms. The molecule has 0 spiro atoms. The Labute approximate surface area is 156 Å². The van der Waals surface area contributed by atoms with Gasteiger partial charge in [-0.2, -0.15) is 0 Å². The summed E-state index contributed by atoms with van der Waals surface area (Å²) in [5, 5.41) is 3.14. The summed E-state index contributed by atoms with van der Waals surface area (Å²) in [6, 6.07) is 11.9. The number of methoxy groups -OCH3 is 2. The average molecular weight is 355 g/mol. The first-order valence-electron chi connectivity index (χ1n) is 9.16. The second-order valence-corrected chi connectivity index (χ2v) is 6.42. The van der Waals surface area contributed by atoms with E-state index >= 15 is 0 Å². The first kappa shape index (κ1) is 19.8. The first-order valence-corrected chi connectivity index (χ1v) is 9.16. The minimum absolute atomic E-state index is 0.0194. The summed E-state index contributed by atoms with van der Waals surface area (Å²) < 4.78 is 10.7. The SMILES string of the molecule is CCc1cccc(CC)c1NC(=O)CC(C)c1ccc(OC)cc1OC. The normalized spacial score (nSPS) is 11.7. The van der Waals surface area contributed by atoms with Crippen LogP contribution in [0.4, 0.5) is 5.69 Å². The van der Waals surface area contributed by atoms with Gasteiger partial charge in [-0.3, -0.25) is 4.79 Å². The predicted molar refractivity (Wildman–Crippen MR) is 106 cm³/mol. The van der Waals surface area contributed by atoms with Crippen LogP contribution >= 0.6 is 0 Å². The molecular formula is C22H29NO3. The van der Waals surface area contributed by atoms with E-state index in [-0.39, 0.29) is 11.8 Å². The Bertz CT molecular complexity index is 733. The molecule has 0 aliphatic heterocycles. The van der Waals surface area contributed by atoms with Crippen LogP contribution in [0.5, 0.6) is 11.5 Å². The molecule has 1 atom stereocenters. The number of amides is 1. The lowest BCUT2D eigenvalue weighted by atomic mass is 9.95. The maximum absolute atomic E-state index is 12.7. The molecule has 0 radical (unpaired) electrons. The third-order valence-electron chi connectivity index (χ3n) is 4.73. The van der Waals surface area contributed by atoms with Gasteiger partial charge in [0, 0.05) is 18.2 Å². The number of para-hydroxylation sites is 1. The zero-order valence-electron chi connectivity index (χ0n) is 16.4. The fourth-order valence-electron chi connectivity index (χ4n) is 3.21. The second kappa shape index (κ2) is 9.27. The van der Waals surface area contributed by atoms with Crippen LogP contribution in [0.3, 0.4) is 0 Å². The Morgan fingerprint density at radius 2 is 1.69 bits per heavy atom. The number of anilines is 1. The first-order chi connectivity index (χ1) is 12.5. The van der Waals surface area contributed by atoms with Gasteiger partial charge in [-0.15, -0.1) is 0 Å². The molecule has 4 nitrogen and oxygen atoms in total. The van der Waals surface area contributed by atoms with Crippen molar-refractivity contribution in [3.8, 4) is 11.5 Å². The molecule has 2 rings (SSSR count). The molecule has 2 aromatic carbocycles. The van der Waals surface area contributed by atoms with Crippen LogP contribution in [0, 0.1) is 0 Å². The molecule has 0 saturated heterocycles. The van der Waals surface area contributed by atoms with Gasteiger partial charge in [-0.05, 0) is 41.5 Å². The van der Waals surface area contributed by atoms with Crippen LogP contribution in [-0.2, 0) is 17.6 Å². The Kier molecular flexibility index (Phi) is 7.07. The van der Waals surface area contributed by atoms with Gasteiger partial charge in [0.15, 0.2) is 0 Å².